The van der Waals surface area contributed by atoms with Crippen LogP contribution in [0.3, 0.4) is 0 Å². The van der Waals surface area contributed by atoms with Crippen molar-refractivity contribution in [3.8, 4) is 5.69 Å². The predicted octanol–water partition coefficient (Wildman–Crippen LogP) is 2.33. The first-order chi connectivity index (χ1) is 11.7. The average Bonchev–Trinajstić information content (AvgIpc) is 3.31. The molecule has 2 aromatic heterocycles. The van der Waals surface area contributed by atoms with Crippen LogP contribution in [0.4, 0.5) is 4.79 Å². The maximum Gasteiger partial charge on any atom is 0.315 e. The molecule has 0 saturated carbocycles. The summed E-state index contributed by atoms with van der Waals surface area (Å²) in [5, 5.41) is 12.8. The Balaban J connectivity index is 1.44. The smallest absolute Gasteiger partial charge is 0.315 e. The molecule has 24 heavy (non-hydrogen) atoms. The van der Waals surface area contributed by atoms with Crippen molar-refractivity contribution in [2.45, 2.75) is 19.4 Å². The Morgan fingerprint density at radius 1 is 1.29 bits per heavy atom. The summed E-state index contributed by atoms with van der Waals surface area (Å²) in [6, 6.07) is 7.60. The highest BCUT2D eigenvalue weighted by molar-refractivity contribution is 7.09. The number of carbonyl (C=O) groups is 1. The maximum atomic E-state index is 11.9. The van der Waals surface area contributed by atoms with Crippen molar-refractivity contribution < 1.29 is 4.79 Å². The predicted molar refractivity (Wildman–Crippen MR) is 92.1 cm³/mol. The van der Waals surface area contributed by atoms with Crippen molar-refractivity contribution in [1.29, 1.82) is 0 Å². The van der Waals surface area contributed by atoms with Gasteiger partial charge in [-0.2, -0.15) is 5.10 Å². The van der Waals surface area contributed by atoms with Crippen LogP contribution >= 0.6 is 11.3 Å². The van der Waals surface area contributed by atoms with Crippen LogP contribution in [0.25, 0.3) is 5.69 Å². The third kappa shape index (κ3) is 4.17. The minimum atomic E-state index is -0.182. The molecule has 1 unspecified atom stereocenters. The number of thiazole rings is 1. The van der Waals surface area contributed by atoms with Gasteiger partial charge in [0.1, 0.15) is 12.7 Å². The molecule has 8 heteroatoms. The van der Waals surface area contributed by atoms with E-state index in [9.17, 15) is 4.79 Å². The molecular formula is C16H18N6OS. The van der Waals surface area contributed by atoms with E-state index in [0.29, 0.717) is 13.1 Å². The lowest BCUT2D eigenvalue weighted by Crippen LogP contribution is -2.37. The molecule has 124 valence electrons. The number of hydrogen-bond acceptors (Lipinski definition) is 5. The van der Waals surface area contributed by atoms with Crippen LogP contribution in [-0.4, -0.2) is 32.3 Å². The zero-order chi connectivity index (χ0) is 16.8. The molecule has 1 aromatic carbocycles. The normalized spacial score (nSPS) is 11.9. The van der Waals surface area contributed by atoms with Gasteiger partial charge in [0, 0.05) is 30.6 Å². The Hall–Kier alpha value is -2.74. The van der Waals surface area contributed by atoms with Gasteiger partial charge in [-0.25, -0.2) is 19.4 Å². The summed E-state index contributed by atoms with van der Waals surface area (Å²) in [6.45, 7) is 3.07. The Kier molecular flexibility index (Phi) is 5.17. The standard InChI is InChI=1S/C16H18N6OS/c1-12(15-18-6-7-24-15)8-19-16(23)20-9-13-2-4-14(5-3-13)22-11-17-10-21-22/h2-7,10-12H,8-9H2,1H3,(H2,19,20,23). The number of amides is 2. The van der Waals surface area contributed by atoms with Crippen molar-refractivity contribution in [3.05, 3.63) is 59.1 Å². The first kappa shape index (κ1) is 16.1. The van der Waals surface area contributed by atoms with Gasteiger partial charge in [0.15, 0.2) is 0 Å². The van der Waals surface area contributed by atoms with Crippen molar-refractivity contribution in [1.82, 2.24) is 30.4 Å². The fourth-order valence-electron chi connectivity index (χ4n) is 2.16. The third-order valence-electron chi connectivity index (χ3n) is 3.51. The third-order valence-corrected chi connectivity index (χ3v) is 4.52. The average molecular weight is 342 g/mol. The second-order valence-corrected chi connectivity index (χ2v) is 6.27. The highest BCUT2D eigenvalue weighted by Gasteiger charge is 2.09. The number of hydrogen-bond donors (Lipinski definition) is 2. The SMILES string of the molecule is CC(CNC(=O)NCc1ccc(-n2cncn2)cc1)c1nccs1. The van der Waals surface area contributed by atoms with E-state index in [0.717, 1.165) is 16.3 Å². The van der Waals surface area contributed by atoms with E-state index < -0.39 is 0 Å². The van der Waals surface area contributed by atoms with Crippen molar-refractivity contribution in [2.75, 3.05) is 6.54 Å². The topological polar surface area (TPSA) is 84.7 Å². The van der Waals surface area contributed by atoms with Crippen LogP contribution in [-0.2, 0) is 6.54 Å². The molecule has 3 rings (SSSR count). The van der Waals surface area contributed by atoms with E-state index >= 15 is 0 Å². The van der Waals surface area contributed by atoms with Gasteiger partial charge in [-0.3, -0.25) is 0 Å². The quantitative estimate of drug-likeness (QED) is 0.720. The minimum absolute atomic E-state index is 0.182. The van der Waals surface area contributed by atoms with Gasteiger partial charge in [-0.15, -0.1) is 11.3 Å². The second-order valence-electron chi connectivity index (χ2n) is 5.34. The van der Waals surface area contributed by atoms with Crippen LogP contribution in [0.5, 0.6) is 0 Å². The molecule has 0 fully saturated rings. The largest absolute Gasteiger partial charge is 0.337 e. The van der Waals surface area contributed by atoms with Crippen LogP contribution in [0.15, 0.2) is 48.5 Å². The van der Waals surface area contributed by atoms with E-state index in [4.69, 9.17) is 0 Å². The van der Waals surface area contributed by atoms with E-state index in [1.165, 1.54) is 6.33 Å². The number of benzene rings is 1. The Bertz CT molecular complexity index is 754. The monoisotopic (exact) mass is 342 g/mol. The van der Waals surface area contributed by atoms with E-state index in [1.807, 2.05) is 36.6 Å². The zero-order valence-electron chi connectivity index (χ0n) is 13.2. The highest BCUT2D eigenvalue weighted by atomic mass is 32.1. The van der Waals surface area contributed by atoms with E-state index in [1.54, 1.807) is 28.5 Å². The Morgan fingerprint density at radius 2 is 2.12 bits per heavy atom. The van der Waals surface area contributed by atoms with Crippen LogP contribution in [0, 0.1) is 0 Å². The molecule has 3 aromatic rings. The molecule has 0 aliphatic rings. The lowest BCUT2D eigenvalue weighted by Gasteiger charge is -2.11. The van der Waals surface area contributed by atoms with Gasteiger partial charge < -0.3 is 10.6 Å². The summed E-state index contributed by atoms with van der Waals surface area (Å²) < 4.78 is 1.68. The molecule has 0 bridgehead atoms. The number of carbonyl (C=O) groups excluding carboxylic acids is 1. The van der Waals surface area contributed by atoms with Gasteiger partial charge in [0.2, 0.25) is 0 Å². The molecule has 7 nitrogen and oxygen atoms in total. The first-order valence-corrected chi connectivity index (χ1v) is 8.45. The van der Waals surface area contributed by atoms with E-state index in [-0.39, 0.29) is 11.9 Å². The highest BCUT2D eigenvalue weighted by Crippen LogP contribution is 2.16. The van der Waals surface area contributed by atoms with Gasteiger partial charge in [-0.05, 0) is 17.7 Å². The molecule has 0 saturated heterocycles. The summed E-state index contributed by atoms with van der Waals surface area (Å²) >= 11 is 1.60. The van der Waals surface area contributed by atoms with Crippen molar-refractivity contribution in [2.24, 2.45) is 0 Å². The fraction of sp³-hybridized carbons (Fsp3) is 0.250. The second kappa shape index (κ2) is 7.69. The van der Waals surface area contributed by atoms with Gasteiger partial charge in [0.25, 0.3) is 0 Å². The minimum Gasteiger partial charge on any atom is -0.337 e. The number of urea groups is 1. The van der Waals surface area contributed by atoms with Crippen LogP contribution in [0.1, 0.15) is 23.4 Å². The molecular weight excluding hydrogens is 324 g/mol. The number of nitrogens with one attached hydrogen (secondary N) is 2. The van der Waals surface area contributed by atoms with Gasteiger partial charge in [-0.1, -0.05) is 19.1 Å². The summed E-state index contributed by atoms with van der Waals surface area (Å²) in [4.78, 5) is 20.1. The van der Waals surface area contributed by atoms with Crippen molar-refractivity contribution in [3.63, 3.8) is 0 Å². The first-order valence-electron chi connectivity index (χ1n) is 7.57. The Morgan fingerprint density at radius 3 is 2.79 bits per heavy atom. The molecule has 0 spiro atoms. The van der Waals surface area contributed by atoms with Gasteiger partial charge >= 0.3 is 6.03 Å². The molecule has 2 N–H and O–H groups in total. The molecule has 0 aliphatic carbocycles. The molecule has 0 aliphatic heterocycles. The van der Waals surface area contributed by atoms with E-state index in [2.05, 4.69) is 25.7 Å². The number of nitrogens with zero attached hydrogens (tertiary/aromatic N) is 4. The van der Waals surface area contributed by atoms with Gasteiger partial charge in [0.05, 0.1) is 10.7 Å². The maximum absolute atomic E-state index is 11.9. The molecule has 0 radical (unpaired) electrons. The summed E-state index contributed by atoms with van der Waals surface area (Å²) in [5.41, 5.74) is 1.94. The molecule has 2 heterocycles. The zero-order valence-corrected chi connectivity index (χ0v) is 14.0. The lowest BCUT2D eigenvalue weighted by molar-refractivity contribution is 0.240. The summed E-state index contributed by atoms with van der Waals surface area (Å²) in [6.07, 6.45) is 4.91. The molecule has 2 amide bonds. The van der Waals surface area contributed by atoms with Crippen molar-refractivity contribution >= 4 is 17.4 Å². The number of rotatable bonds is 6. The fourth-order valence-corrected chi connectivity index (χ4v) is 2.86. The lowest BCUT2D eigenvalue weighted by atomic mass is 10.2. The number of aromatic nitrogens is 4. The summed E-state index contributed by atoms with van der Waals surface area (Å²) in [5.74, 6) is 0.206. The Labute approximate surface area is 143 Å². The van der Waals surface area contributed by atoms with Crippen LogP contribution < -0.4 is 10.6 Å². The summed E-state index contributed by atoms with van der Waals surface area (Å²) in [7, 11) is 0. The van der Waals surface area contributed by atoms with Crippen LogP contribution in [0.2, 0.25) is 0 Å². The molecule has 1 atom stereocenters.